The minimum absolute atomic E-state index is 0.0709. The Balaban J connectivity index is 1.99. The van der Waals surface area contributed by atoms with Gasteiger partial charge in [0.05, 0.1) is 13.2 Å². The van der Waals surface area contributed by atoms with Crippen molar-refractivity contribution in [2.75, 3.05) is 13.2 Å². The Morgan fingerprint density at radius 1 is 1.18 bits per heavy atom. The van der Waals surface area contributed by atoms with Gasteiger partial charge in [0.25, 0.3) is 0 Å². The monoisotopic (exact) mass is 240 g/mol. The maximum Gasteiger partial charge on any atom is 0.157 e. The lowest BCUT2D eigenvalue weighted by molar-refractivity contribution is -0.181. The first-order chi connectivity index (χ1) is 8.36. The second-order valence-corrected chi connectivity index (χ2v) is 4.95. The second-order valence-electron chi connectivity index (χ2n) is 4.95. The van der Waals surface area contributed by atoms with E-state index >= 15 is 0 Å². The van der Waals surface area contributed by atoms with Crippen LogP contribution >= 0.6 is 0 Å². The highest BCUT2D eigenvalue weighted by Gasteiger charge is 2.13. The highest BCUT2D eigenvalue weighted by Crippen LogP contribution is 2.19. The summed E-state index contributed by atoms with van der Waals surface area (Å²) in [5, 5.41) is 0. The van der Waals surface area contributed by atoms with Gasteiger partial charge in [0.1, 0.15) is 0 Å². The van der Waals surface area contributed by atoms with Gasteiger partial charge in [-0.05, 0) is 38.0 Å². The van der Waals surface area contributed by atoms with Gasteiger partial charge in [0.2, 0.25) is 0 Å². The van der Waals surface area contributed by atoms with Crippen LogP contribution in [0.2, 0.25) is 0 Å². The molecule has 0 bridgehead atoms. The third-order valence-electron chi connectivity index (χ3n) is 3.42. The maximum atomic E-state index is 5.53. The van der Waals surface area contributed by atoms with Crippen molar-refractivity contribution in [1.29, 1.82) is 0 Å². The summed E-state index contributed by atoms with van der Waals surface area (Å²) in [6.07, 6.45) is 12.0. The van der Waals surface area contributed by atoms with Gasteiger partial charge < -0.3 is 9.47 Å². The summed E-state index contributed by atoms with van der Waals surface area (Å²) in [7, 11) is 0. The molecule has 0 amide bonds. The molecule has 1 heterocycles. The van der Waals surface area contributed by atoms with E-state index < -0.39 is 0 Å². The van der Waals surface area contributed by atoms with Crippen LogP contribution in [0.15, 0.2) is 12.7 Å². The highest BCUT2D eigenvalue weighted by molar-refractivity contribution is 4.78. The van der Waals surface area contributed by atoms with Gasteiger partial charge in [-0.15, -0.1) is 6.58 Å². The molecule has 0 aromatic rings. The highest BCUT2D eigenvalue weighted by atomic mass is 16.7. The van der Waals surface area contributed by atoms with Crippen LogP contribution in [0.1, 0.15) is 58.3 Å². The topological polar surface area (TPSA) is 18.5 Å². The van der Waals surface area contributed by atoms with E-state index in [2.05, 4.69) is 19.6 Å². The Morgan fingerprint density at radius 3 is 2.53 bits per heavy atom. The zero-order valence-electron chi connectivity index (χ0n) is 11.3. The number of unbranched alkanes of at least 4 members (excludes halogenated alkanes) is 2. The molecule has 100 valence electrons. The van der Waals surface area contributed by atoms with Crippen LogP contribution in [-0.4, -0.2) is 19.5 Å². The van der Waals surface area contributed by atoms with Crippen molar-refractivity contribution in [1.82, 2.24) is 0 Å². The fourth-order valence-corrected chi connectivity index (χ4v) is 2.27. The van der Waals surface area contributed by atoms with Crippen molar-refractivity contribution in [3.63, 3.8) is 0 Å². The third-order valence-corrected chi connectivity index (χ3v) is 3.42. The molecule has 0 radical (unpaired) electrons. The van der Waals surface area contributed by atoms with Crippen LogP contribution in [0.4, 0.5) is 0 Å². The van der Waals surface area contributed by atoms with Crippen molar-refractivity contribution in [2.24, 2.45) is 5.92 Å². The lowest BCUT2D eigenvalue weighted by Crippen LogP contribution is -2.24. The van der Waals surface area contributed by atoms with Gasteiger partial charge in [-0.3, -0.25) is 0 Å². The predicted molar refractivity (Wildman–Crippen MR) is 72.0 cm³/mol. The molecule has 0 unspecified atom stereocenters. The average molecular weight is 240 g/mol. The Bertz CT molecular complexity index is 185. The zero-order chi connectivity index (χ0) is 12.3. The fourth-order valence-electron chi connectivity index (χ4n) is 2.27. The average Bonchev–Trinajstić information content (AvgIpc) is 2.39. The van der Waals surface area contributed by atoms with E-state index in [1.54, 1.807) is 0 Å². The summed E-state index contributed by atoms with van der Waals surface area (Å²) in [4.78, 5) is 0. The van der Waals surface area contributed by atoms with E-state index in [-0.39, 0.29) is 6.29 Å². The largest absolute Gasteiger partial charge is 0.353 e. The molecule has 0 aromatic heterocycles. The van der Waals surface area contributed by atoms with Gasteiger partial charge in [0, 0.05) is 0 Å². The first-order valence-corrected chi connectivity index (χ1v) is 7.22. The van der Waals surface area contributed by atoms with E-state index in [9.17, 15) is 0 Å². The predicted octanol–water partition coefficient (Wildman–Crippen LogP) is 4.30. The molecular formula is C15H28O2. The molecule has 1 saturated heterocycles. The molecule has 0 N–H and O–H groups in total. The number of rotatable bonds is 9. The summed E-state index contributed by atoms with van der Waals surface area (Å²) in [5.41, 5.74) is 0. The van der Waals surface area contributed by atoms with Gasteiger partial charge in [-0.2, -0.15) is 0 Å². The van der Waals surface area contributed by atoms with Gasteiger partial charge in [-0.25, -0.2) is 0 Å². The maximum absolute atomic E-state index is 5.53. The van der Waals surface area contributed by atoms with Gasteiger partial charge in [-0.1, -0.05) is 32.3 Å². The Labute approximate surface area is 106 Å². The molecule has 0 aliphatic carbocycles. The first-order valence-electron chi connectivity index (χ1n) is 7.22. The SMILES string of the molecule is C=C[C@H](CCCC)CCCCC1OCCCO1. The van der Waals surface area contributed by atoms with Crippen LogP contribution in [0.25, 0.3) is 0 Å². The number of hydrogen-bond acceptors (Lipinski definition) is 2. The number of allylic oxidation sites excluding steroid dienone is 1. The first kappa shape index (κ1) is 14.7. The quantitative estimate of drug-likeness (QED) is 0.442. The third kappa shape index (κ3) is 6.85. The summed E-state index contributed by atoms with van der Waals surface area (Å²) in [6.45, 7) is 7.92. The normalized spacial score (nSPS) is 19.1. The second kappa shape index (κ2) is 9.67. The molecule has 17 heavy (non-hydrogen) atoms. The molecule has 1 aliphatic heterocycles. The van der Waals surface area contributed by atoms with E-state index in [1.165, 1.54) is 38.5 Å². The Kier molecular flexibility index (Phi) is 8.37. The lowest BCUT2D eigenvalue weighted by atomic mass is 9.95. The molecule has 0 saturated carbocycles. The van der Waals surface area contributed by atoms with Crippen LogP contribution in [0.3, 0.4) is 0 Å². The van der Waals surface area contributed by atoms with Crippen molar-refractivity contribution in [2.45, 2.75) is 64.6 Å². The number of hydrogen-bond donors (Lipinski definition) is 0. The van der Waals surface area contributed by atoms with E-state index in [1.807, 2.05) is 0 Å². The molecule has 1 atom stereocenters. The molecule has 0 spiro atoms. The van der Waals surface area contributed by atoms with E-state index in [4.69, 9.17) is 9.47 Å². The molecule has 0 aromatic carbocycles. The molecular weight excluding hydrogens is 212 g/mol. The molecule has 2 heteroatoms. The smallest absolute Gasteiger partial charge is 0.157 e. The molecule has 1 fully saturated rings. The van der Waals surface area contributed by atoms with Crippen molar-refractivity contribution < 1.29 is 9.47 Å². The van der Waals surface area contributed by atoms with E-state index in [0.29, 0.717) is 5.92 Å². The molecule has 2 nitrogen and oxygen atoms in total. The lowest BCUT2D eigenvalue weighted by Gasteiger charge is -2.23. The Morgan fingerprint density at radius 2 is 1.88 bits per heavy atom. The number of ether oxygens (including phenoxy) is 2. The van der Waals surface area contributed by atoms with Crippen LogP contribution in [-0.2, 0) is 9.47 Å². The summed E-state index contributed by atoms with van der Waals surface area (Å²) >= 11 is 0. The van der Waals surface area contributed by atoms with Crippen molar-refractivity contribution in [3.05, 3.63) is 12.7 Å². The summed E-state index contributed by atoms with van der Waals surface area (Å²) in [5.74, 6) is 0.711. The standard InChI is InChI=1S/C15H28O2/c1-3-5-9-14(4-2)10-6-7-11-15-16-12-8-13-17-15/h4,14-15H,2-3,5-13H2,1H3/t14-/m1/s1. The Hall–Kier alpha value is -0.340. The van der Waals surface area contributed by atoms with Crippen molar-refractivity contribution >= 4 is 0 Å². The van der Waals surface area contributed by atoms with E-state index in [0.717, 1.165) is 26.1 Å². The molecule has 1 aliphatic rings. The summed E-state index contributed by atoms with van der Waals surface area (Å²) < 4.78 is 11.1. The minimum atomic E-state index is 0.0709. The van der Waals surface area contributed by atoms with Crippen LogP contribution in [0, 0.1) is 5.92 Å². The minimum Gasteiger partial charge on any atom is -0.353 e. The molecule has 1 rings (SSSR count). The fraction of sp³-hybridized carbons (Fsp3) is 0.867. The van der Waals surface area contributed by atoms with Crippen molar-refractivity contribution in [3.8, 4) is 0 Å². The van der Waals surface area contributed by atoms with Crippen LogP contribution in [0.5, 0.6) is 0 Å². The van der Waals surface area contributed by atoms with Gasteiger partial charge >= 0.3 is 0 Å². The van der Waals surface area contributed by atoms with Gasteiger partial charge in [0.15, 0.2) is 6.29 Å². The zero-order valence-corrected chi connectivity index (χ0v) is 11.3. The van der Waals surface area contributed by atoms with Crippen LogP contribution < -0.4 is 0 Å². The summed E-state index contributed by atoms with van der Waals surface area (Å²) in [6, 6.07) is 0.